The average molecular weight is 608 g/mol. The highest BCUT2D eigenvalue weighted by Gasteiger charge is 2.58. The molecule has 6 aliphatic rings. The molecule has 11 nitrogen and oxygen atoms in total. The molecule has 4 aliphatic carbocycles. The number of urea groups is 1. The number of carbonyl (C=O) groups is 2. The van der Waals surface area contributed by atoms with Crippen molar-refractivity contribution in [2.24, 2.45) is 28.9 Å². The summed E-state index contributed by atoms with van der Waals surface area (Å²) in [5.41, 5.74) is 9.29. The molecular weight excluding hydrogens is 566 g/mol. The molecule has 8 rings (SSSR count). The lowest BCUT2D eigenvalue weighted by Gasteiger charge is -2.59. The third-order valence-corrected chi connectivity index (χ3v) is 12.0. The van der Waals surface area contributed by atoms with E-state index in [-0.39, 0.29) is 23.4 Å². The van der Waals surface area contributed by atoms with Crippen LogP contribution < -0.4 is 25.8 Å². The number of rotatable bonds is 5. The van der Waals surface area contributed by atoms with Crippen molar-refractivity contribution in [1.29, 1.82) is 0 Å². The van der Waals surface area contributed by atoms with E-state index in [1.165, 1.54) is 10.6 Å². The number of aromatic nitrogens is 1. The second-order valence-corrected chi connectivity index (χ2v) is 15.3. The van der Waals surface area contributed by atoms with Gasteiger partial charge in [-0.05, 0) is 80.5 Å². The van der Waals surface area contributed by atoms with E-state index in [0.29, 0.717) is 57.0 Å². The van der Waals surface area contributed by atoms with E-state index < -0.39 is 10.0 Å². The minimum atomic E-state index is -3.18. The van der Waals surface area contributed by atoms with Crippen molar-refractivity contribution in [3.05, 3.63) is 42.1 Å². The van der Waals surface area contributed by atoms with Crippen molar-refractivity contribution in [2.75, 3.05) is 60.2 Å². The van der Waals surface area contributed by atoms with E-state index in [2.05, 4.69) is 21.2 Å². The third-order valence-electron chi connectivity index (χ3n) is 10.7. The smallest absolute Gasteiger partial charge is 0.322 e. The lowest BCUT2D eigenvalue weighted by Crippen LogP contribution is -2.63. The van der Waals surface area contributed by atoms with Gasteiger partial charge in [-0.15, -0.1) is 0 Å². The highest BCUT2D eigenvalue weighted by atomic mass is 32.2. The molecule has 1 saturated heterocycles. The Kier molecular flexibility index (Phi) is 6.84. The number of aryl methyl sites for hydroxylation is 1. The van der Waals surface area contributed by atoms with Gasteiger partial charge in [-0.2, -0.15) is 4.31 Å². The number of sulfonamides is 1. The minimum absolute atomic E-state index is 0.0778. The number of primary amides is 1. The van der Waals surface area contributed by atoms with Gasteiger partial charge in [0.1, 0.15) is 5.82 Å². The molecule has 2 aliphatic heterocycles. The fourth-order valence-electron chi connectivity index (χ4n) is 8.86. The Balaban J connectivity index is 1.07. The quantitative estimate of drug-likeness (QED) is 0.534. The molecule has 12 heteroatoms. The number of carbonyl (C=O) groups excluding carboxylic acids is 2. The van der Waals surface area contributed by atoms with Crippen LogP contribution in [0.2, 0.25) is 0 Å². The first kappa shape index (κ1) is 28.4. The second-order valence-electron chi connectivity index (χ2n) is 13.4. The summed E-state index contributed by atoms with van der Waals surface area (Å²) in [4.78, 5) is 37.3. The van der Waals surface area contributed by atoms with Crippen LogP contribution in [-0.4, -0.2) is 81.2 Å². The van der Waals surface area contributed by atoms with Crippen LogP contribution in [0.4, 0.5) is 27.7 Å². The average Bonchev–Trinajstić information content (AvgIpc) is 2.97. The van der Waals surface area contributed by atoms with Gasteiger partial charge in [0, 0.05) is 50.7 Å². The molecule has 43 heavy (non-hydrogen) atoms. The van der Waals surface area contributed by atoms with Gasteiger partial charge in [0.25, 0.3) is 0 Å². The van der Waals surface area contributed by atoms with E-state index in [1.54, 1.807) is 0 Å². The van der Waals surface area contributed by atoms with Gasteiger partial charge in [0.15, 0.2) is 0 Å². The van der Waals surface area contributed by atoms with Crippen molar-refractivity contribution >= 4 is 44.8 Å². The molecule has 3 unspecified atom stereocenters. The summed E-state index contributed by atoms with van der Waals surface area (Å²) in [6.07, 6.45) is 7.75. The molecule has 5 atom stereocenters. The normalized spacial score (nSPS) is 30.3. The molecule has 230 valence electrons. The van der Waals surface area contributed by atoms with Crippen molar-refractivity contribution in [3.8, 4) is 0 Å². The maximum Gasteiger partial charge on any atom is 0.322 e. The number of hydrogen-bond donors (Lipinski definition) is 2. The van der Waals surface area contributed by atoms with Crippen molar-refractivity contribution in [1.82, 2.24) is 14.6 Å². The van der Waals surface area contributed by atoms with Gasteiger partial charge >= 0.3 is 6.03 Å². The fraction of sp³-hybridized carbons (Fsp3) is 0.581. The molecule has 1 aromatic heterocycles. The van der Waals surface area contributed by atoms with Gasteiger partial charge in [0.2, 0.25) is 15.9 Å². The van der Waals surface area contributed by atoms with E-state index in [1.807, 2.05) is 42.3 Å². The summed E-state index contributed by atoms with van der Waals surface area (Å²) < 4.78 is 25.3. The van der Waals surface area contributed by atoms with E-state index >= 15 is 0 Å². The topological polar surface area (TPSA) is 132 Å². The Bertz CT molecular complexity index is 1540. The van der Waals surface area contributed by atoms with Gasteiger partial charge in [0.05, 0.1) is 29.5 Å². The van der Waals surface area contributed by atoms with E-state index in [0.717, 1.165) is 60.5 Å². The summed E-state index contributed by atoms with van der Waals surface area (Å²) in [5, 5.41) is 3.41. The molecule has 2 aromatic rings. The third kappa shape index (κ3) is 4.92. The number of nitrogens with zero attached hydrogens (tertiary/aromatic N) is 5. The molecule has 5 fully saturated rings. The lowest BCUT2D eigenvalue weighted by molar-refractivity contribution is -0.145. The number of amides is 3. The van der Waals surface area contributed by atoms with Crippen LogP contribution in [0.15, 0.2) is 36.5 Å². The highest BCUT2D eigenvalue weighted by Crippen LogP contribution is 2.60. The zero-order valence-electron chi connectivity index (χ0n) is 24.9. The second kappa shape index (κ2) is 10.4. The zero-order chi connectivity index (χ0) is 30.1. The molecule has 0 radical (unpaired) electrons. The summed E-state index contributed by atoms with van der Waals surface area (Å²) in [6, 6.07) is 10.1. The number of benzene rings is 1. The molecule has 0 spiro atoms. The first-order valence-electron chi connectivity index (χ1n) is 15.4. The number of fused-ring (bicyclic) bond motifs is 1. The first-order valence-corrected chi connectivity index (χ1v) is 17.3. The summed E-state index contributed by atoms with van der Waals surface area (Å²) >= 11 is 0. The van der Waals surface area contributed by atoms with Crippen LogP contribution in [0.1, 0.15) is 37.7 Å². The Morgan fingerprint density at radius 1 is 0.977 bits per heavy atom. The number of anilines is 4. The molecule has 4 bridgehead atoms. The maximum atomic E-state index is 13.8. The monoisotopic (exact) mass is 607 g/mol. The molecule has 3 amide bonds. The Morgan fingerprint density at radius 3 is 2.28 bits per heavy atom. The van der Waals surface area contributed by atoms with Crippen LogP contribution in [0.5, 0.6) is 0 Å². The van der Waals surface area contributed by atoms with Crippen LogP contribution >= 0.6 is 0 Å². The minimum Gasteiger partial charge on any atom is -0.369 e. The maximum absolute atomic E-state index is 13.8. The lowest BCUT2D eigenvalue weighted by atomic mass is 9.47. The Labute approximate surface area is 253 Å². The van der Waals surface area contributed by atoms with E-state index in [9.17, 15) is 18.0 Å². The Morgan fingerprint density at radius 2 is 1.65 bits per heavy atom. The van der Waals surface area contributed by atoms with Crippen molar-refractivity contribution < 1.29 is 18.0 Å². The molecular formula is C31H41N7O4S. The van der Waals surface area contributed by atoms with Crippen LogP contribution in [0.25, 0.3) is 0 Å². The van der Waals surface area contributed by atoms with Gasteiger partial charge in [-0.3, -0.25) is 9.69 Å². The summed E-state index contributed by atoms with van der Waals surface area (Å²) in [7, 11) is -3.18. The summed E-state index contributed by atoms with van der Waals surface area (Å²) in [5.74, 6) is 1.84. The largest absolute Gasteiger partial charge is 0.369 e. The van der Waals surface area contributed by atoms with Crippen LogP contribution in [0, 0.1) is 30.1 Å². The van der Waals surface area contributed by atoms with E-state index in [4.69, 9.17) is 10.7 Å². The SMILES string of the molecule is Cc1cc(N2CCN(S(C)(=O)=O)CC2)cnc1N1CCN(C(=O)NC2[C@@H]3CC4C[C@H]2CC(C(N)=O)(C4)C3)c2ccccc21. The fourth-order valence-corrected chi connectivity index (χ4v) is 9.69. The molecule has 4 saturated carbocycles. The molecule has 3 N–H and O–H groups in total. The predicted octanol–water partition coefficient (Wildman–Crippen LogP) is 2.82. The number of hydrogen-bond acceptors (Lipinski definition) is 7. The first-order chi connectivity index (χ1) is 20.5. The Hall–Kier alpha value is -3.38. The molecule has 3 heterocycles. The van der Waals surface area contributed by atoms with Crippen LogP contribution in [0.3, 0.4) is 0 Å². The van der Waals surface area contributed by atoms with Gasteiger partial charge in [-0.1, -0.05) is 12.1 Å². The molecule has 1 aromatic carbocycles. The predicted molar refractivity (Wildman–Crippen MR) is 166 cm³/mol. The number of nitrogens with two attached hydrogens (primary N) is 1. The van der Waals surface area contributed by atoms with Crippen LogP contribution in [-0.2, 0) is 14.8 Å². The number of piperazine rings is 1. The van der Waals surface area contributed by atoms with Gasteiger partial charge < -0.3 is 20.9 Å². The van der Waals surface area contributed by atoms with Crippen molar-refractivity contribution in [2.45, 2.75) is 45.1 Å². The number of nitrogens with one attached hydrogen (secondary N) is 1. The van der Waals surface area contributed by atoms with Gasteiger partial charge in [-0.25, -0.2) is 18.2 Å². The highest BCUT2D eigenvalue weighted by molar-refractivity contribution is 7.88. The standard InChI is InChI=1S/C31H41N7O4S/c1-20-13-24(35-7-9-36(10-8-35)43(2,41)42)19-33-28(20)37-11-12-38(26-6-4-3-5-25(26)37)30(40)34-27-22-14-21-15-23(27)18-31(16-21,17-22)29(32)39/h3-6,13,19,21-23,27H,7-12,14-18H2,1-2H3,(H2,32,39)(H,34,40)/t21?,22-,23+,27?,31?. The zero-order valence-corrected chi connectivity index (χ0v) is 25.7. The number of para-hydroxylation sites is 2. The summed E-state index contributed by atoms with van der Waals surface area (Å²) in [6.45, 7) is 5.35. The van der Waals surface area contributed by atoms with Crippen molar-refractivity contribution in [3.63, 3.8) is 0 Å². The number of pyridine rings is 1.